The van der Waals surface area contributed by atoms with E-state index in [1.807, 2.05) is 24.3 Å². The Labute approximate surface area is 167 Å². The Balaban J connectivity index is 1.98. The summed E-state index contributed by atoms with van der Waals surface area (Å²) >= 11 is 8.12. The summed E-state index contributed by atoms with van der Waals surface area (Å²) in [5, 5.41) is 0. The van der Waals surface area contributed by atoms with Gasteiger partial charge in [0.1, 0.15) is 24.7 Å². The Hall–Kier alpha value is -0.640. The molecule has 0 saturated carbocycles. The molecule has 8 heteroatoms. The quantitative estimate of drug-likeness (QED) is 0.288. The van der Waals surface area contributed by atoms with Gasteiger partial charge in [0.2, 0.25) is 0 Å². The highest BCUT2D eigenvalue weighted by Gasteiger charge is 1.98. The van der Waals surface area contributed by atoms with Crippen molar-refractivity contribution in [2.24, 2.45) is 0 Å². The molecule has 0 saturated heterocycles. The van der Waals surface area contributed by atoms with E-state index in [2.05, 4.69) is 25.3 Å². The molecule has 0 aliphatic heterocycles. The van der Waals surface area contributed by atoms with Crippen molar-refractivity contribution in [2.45, 2.75) is 0 Å². The molecule has 0 bridgehead atoms. The first-order valence-corrected chi connectivity index (χ1v) is 10.0. The van der Waals surface area contributed by atoms with Gasteiger partial charge in [0, 0.05) is 11.5 Å². The molecule has 0 aromatic heterocycles. The van der Waals surface area contributed by atoms with Gasteiger partial charge in [-0.2, -0.15) is 25.3 Å². The van der Waals surface area contributed by atoms with E-state index in [9.17, 15) is 0 Å². The molecular weight excluding hydrogens is 376 g/mol. The Morgan fingerprint density at radius 3 is 1.12 bits per heavy atom. The third-order valence-electron chi connectivity index (χ3n) is 3.03. The molecule has 6 nitrogen and oxygen atoms in total. The minimum Gasteiger partial charge on any atom is -0.491 e. The van der Waals surface area contributed by atoms with Crippen LogP contribution in [0.3, 0.4) is 0 Å². The number of hydrogen-bond donors (Lipinski definition) is 2. The topological polar surface area (TPSA) is 55.4 Å². The van der Waals surface area contributed by atoms with E-state index < -0.39 is 0 Å². The van der Waals surface area contributed by atoms with Gasteiger partial charge in [-0.05, 0) is 24.3 Å². The average Bonchev–Trinajstić information content (AvgIpc) is 2.67. The summed E-state index contributed by atoms with van der Waals surface area (Å²) in [7, 11) is 0. The second-order valence-corrected chi connectivity index (χ2v) is 5.96. The standard InChI is InChI=1S/C18H30O6S2/c25-15-13-21-7-5-19-9-11-23-17-1-2-18(4-3-17)24-12-10-20-6-8-22-14-16-26/h1-4,25-26H,5-16H2. The summed E-state index contributed by atoms with van der Waals surface area (Å²) in [6.45, 7) is 5.63. The van der Waals surface area contributed by atoms with Crippen molar-refractivity contribution in [3.8, 4) is 11.5 Å². The molecule has 1 aromatic rings. The van der Waals surface area contributed by atoms with Crippen LogP contribution in [0, 0.1) is 0 Å². The Morgan fingerprint density at radius 1 is 0.462 bits per heavy atom. The fourth-order valence-corrected chi connectivity index (χ4v) is 2.10. The first-order valence-electron chi connectivity index (χ1n) is 8.75. The fourth-order valence-electron chi connectivity index (χ4n) is 1.84. The molecule has 0 radical (unpaired) electrons. The molecule has 0 aliphatic carbocycles. The van der Waals surface area contributed by atoms with Crippen LogP contribution in [0.5, 0.6) is 11.5 Å². The lowest BCUT2D eigenvalue weighted by Crippen LogP contribution is -2.12. The average molecular weight is 407 g/mol. The first-order chi connectivity index (χ1) is 12.9. The highest BCUT2D eigenvalue weighted by molar-refractivity contribution is 7.80. The van der Waals surface area contributed by atoms with Crippen molar-refractivity contribution in [3.05, 3.63) is 24.3 Å². The second-order valence-electron chi connectivity index (χ2n) is 5.07. The van der Waals surface area contributed by atoms with Crippen molar-refractivity contribution in [3.63, 3.8) is 0 Å². The Morgan fingerprint density at radius 2 is 0.769 bits per heavy atom. The third kappa shape index (κ3) is 13.5. The largest absolute Gasteiger partial charge is 0.491 e. The van der Waals surface area contributed by atoms with Crippen LogP contribution in [-0.2, 0) is 18.9 Å². The molecule has 0 fully saturated rings. The van der Waals surface area contributed by atoms with Crippen molar-refractivity contribution in [1.82, 2.24) is 0 Å². The van der Waals surface area contributed by atoms with E-state index >= 15 is 0 Å². The van der Waals surface area contributed by atoms with Crippen LogP contribution in [0.1, 0.15) is 0 Å². The van der Waals surface area contributed by atoms with Gasteiger partial charge in [-0.1, -0.05) is 0 Å². The highest BCUT2D eigenvalue weighted by Crippen LogP contribution is 2.17. The van der Waals surface area contributed by atoms with E-state index in [0.717, 1.165) is 23.0 Å². The van der Waals surface area contributed by atoms with E-state index in [1.54, 1.807) is 0 Å². The summed E-state index contributed by atoms with van der Waals surface area (Å²) in [6, 6.07) is 7.49. The molecule has 150 valence electrons. The van der Waals surface area contributed by atoms with Crippen LogP contribution in [0.4, 0.5) is 0 Å². The minimum absolute atomic E-state index is 0.496. The maximum absolute atomic E-state index is 5.60. The summed E-state index contributed by atoms with van der Waals surface area (Å²) in [5.74, 6) is 3.01. The van der Waals surface area contributed by atoms with Crippen LogP contribution >= 0.6 is 25.3 Å². The van der Waals surface area contributed by atoms with Crippen LogP contribution < -0.4 is 9.47 Å². The minimum atomic E-state index is 0.496. The SMILES string of the molecule is SCCOCCOCCOc1ccc(OCCOCCOCCS)cc1. The van der Waals surface area contributed by atoms with Gasteiger partial charge in [0.15, 0.2) is 0 Å². The van der Waals surface area contributed by atoms with Crippen molar-refractivity contribution in [1.29, 1.82) is 0 Å². The summed E-state index contributed by atoms with van der Waals surface area (Å²) in [4.78, 5) is 0. The first kappa shape index (κ1) is 23.4. The van der Waals surface area contributed by atoms with Gasteiger partial charge >= 0.3 is 0 Å². The zero-order valence-corrected chi connectivity index (χ0v) is 16.9. The molecule has 26 heavy (non-hydrogen) atoms. The van der Waals surface area contributed by atoms with Gasteiger partial charge in [-0.15, -0.1) is 0 Å². The van der Waals surface area contributed by atoms with Gasteiger partial charge < -0.3 is 28.4 Å². The number of hydrogen-bond acceptors (Lipinski definition) is 8. The van der Waals surface area contributed by atoms with E-state index in [4.69, 9.17) is 28.4 Å². The molecule has 0 amide bonds. The third-order valence-corrected chi connectivity index (χ3v) is 3.40. The van der Waals surface area contributed by atoms with Crippen molar-refractivity contribution >= 4 is 25.3 Å². The maximum atomic E-state index is 5.60. The van der Waals surface area contributed by atoms with Crippen LogP contribution in [-0.4, -0.2) is 77.6 Å². The predicted molar refractivity (Wildman–Crippen MR) is 108 cm³/mol. The molecular formula is C18H30O6S2. The van der Waals surface area contributed by atoms with Gasteiger partial charge in [0.05, 0.1) is 52.9 Å². The number of rotatable bonds is 18. The zero-order valence-electron chi connectivity index (χ0n) is 15.1. The lowest BCUT2D eigenvalue weighted by Gasteiger charge is -2.10. The van der Waals surface area contributed by atoms with Crippen LogP contribution in [0.25, 0.3) is 0 Å². The molecule has 0 N–H and O–H groups in total. The van der Waals surface area contributed by atoms with E-state index in [0.29, 0.717) is 66.1 Å². The monoisotopic (exact) mass is 406 g/mol. The number of benzene rings is 1. The number of ether oxygens (including phenoxy) is 6. The molecule has 1 aromatic carbocycles. The lowest BCUT2D eigenvalue weighted by molar-refractivity contribution is 0.0408. The molecule has 0 atom stereocenters. The fraction of sp³-hybridized carbons (Fsp3) is 0.667. The lowest BCUT2D eigenvalue weighted by atomic mass is 10.3. The molecule has 0 aliphatic rings. The summed E-state index contributed by atoms with van der Waals surface area (Å²) in [6.07, 6.45) is 0. The van der Waals surface area contributed by atoms with Gasteiger partial charge in [-0.3, -0.25) is 0 Å². The van der Waals surface area contributed by atoms with Crippen molar-refractivity contribution < 1.29 is 28.4 Å². The molecule has 0 spiro atoms. The smallest absolute Gasteiger partial charge is 0.119 e. The number of thiol groups is 2. The normalized spacial score (nSPS) is 10.8. The molecule has 0 heterocycles. The highest BCUT2D eigenvalue weighted by atomic mass is 32.1. The van der Waals surface area contributed by atoms with E-state index in [1.165, 1.54) is 0 Å². The van der Waals surface area contributed by atoms with Gasteiger partial charge in [0.25, 0.3) is 0 Å². The summed E-state index contributed by atoms with van der Waals surface area (Å²) < 4.78 is 32.5. The second kappa shape index (κ2) is 17.8. The van der Waals surface area contributed by atoms with Gasteiger partial charge in [-0.25, -0.2) is 0 Å². The summed E-state index contributed by atoms with van der Waals surface area (Å²) in [5.41, 5.74) is 0. The van der Waals surface area contributed by atoms with Crippen molar-refractivity contribution in [2.75, 3.05) is 77.6 Å². The molecule has 1 rings (SSSR count). The molecule has 0 unspecified atom stereocenters. The predicted octanol–water partition coefficient (Wildman–Crippen LogP) is 2.37. The maximum Gasteiger partial charge on any atom is 0.119 e. The van der Waals surface area contributed by atoms with E-state index in [-0.39, 0.29) is 0 Å². The Bertz CT molecular complexity index is 380. The van der Waals surface area contributed by atoms with Crippen LogP contribution in [0.15, 0.2) is 24.3 Å². The van der Waals surface area contributed by atoms with Crippen LogP contribution in [0.2, 0.25) is 0 Å². The Kier molecular flexibility index (Phi) is 16.0. The zero-order chi connectivity index (χ0) is 18.7.